The van der Waals surface area contributed by atoms with Crippen LogP contribution in [0.2, 0.25) is 39.3 Å². The molecule has 0 amide bonds. The zero-order valence-electron chi connectivity index (χ0n) is 26.2. The smallest absolute Gasteiger partial charge is 0.305 e. The minimum absolute atomic E-state index is 0.0672. The van der Waals surface area contributed by atoms with E-state index < -0.39 is 16.6 Å². The van der Waals surface area contributed by atoms with E-state index in [0.29, 0.717) is 41.6 Å². The van der Waals surface area contributed by atoms with Gasteiger partial charge < -0.3 is 13.7 Å². The van der Waals surface area contributed by atoms with Crippen LogP contribution >= 0.6 is 0 Å². The molecule has 0 radical (unpaired) electrons. The van der Waals surface area contributed by atoms with E-state index in [9.17, 15) is 4.79 Å². The Kier molecular flexibility index (Phi) is 8.74. The van der Waals surface area contributed by atoms with Crippen LogP contribution in [-0.4, -0.2) is 41.5 Å². The Morgan fingerprint density at radius 1 is 1.00 bits per heavy atom. The molecule has 0 aromatic rings. The van der Waals surface area contributed by atoms with Crippen molar-refractivity contribution in [1.29, 1.82) is 0 Å². The van der Waals surface area contributed by atoms with Crippen LogP contribution in [0.3, 0.4) is 0 Å². The highest BCUT2D eigenvalue weighted by Crippen LogP contribution is 2.67. The number of fused-ring (bicyclic) bond motifs is 5. The lowest BCUT2D eigenvalue weighted by molar-refractivity contribution is -0.141. The summed E-state index contributed by atoms with van der Waals surface area (Å²) in [6.45, 7) is 21.3. The third-order valence-electron chi connectivity index (χ3n) is 11.2. The summed E-state index contributed by atoms with van der Waals surface area (Å²) in [7, 11) is -1.81. The number of ether oxygens (including phenoxy) is 1. The molecule has 218 valence electrons. The molecule has 7 heteroatoms. The summed E-state index contributed by atoms with van der Waals surface area (Å²) < 4.78 is 18.0. The molecule has 0 aromatic heterocycles. The van der Waals surface area contributed by atoms with E-state index in [1.165, 1.54) is 57.8 Å². The SMILES string of the molecule is COC(=O)CCC(C)C1CCC2C3CC[C@@H]4C[C@@H](O[Si](C)(C)C)CCC4(C)C3C/C(=N\O[Si](C)(C)C)C12C. The van der Waals surface area contributed by atoms with Crippen LogP contribution in [0.25, 0.3) is 0 Å². The number of hydrogen-bond acceptors (Lipinski definition) is 5. The zero-order chi connectivity index (χ0) is 28.1. The second kappa shape index (κ2) is 11.0. The molecule has 0 spiro atoms. The number of hydrogen-bond donors (Lipinski definition) is 0. The Morgan fingerprint density at radius 3 is 2.34 bits per heavy atom. The summed E-state index contributed by atoms with van der Waals surface area (Å²) in [5.74, 6) is 3.84. The van der Waals surface area contributed by atoms with Crippen LogP contribution in [0.1, 0.15) is 85.0 Å². The minimum atomic E-state index is -1.79. The summed E-state index contributed by atoms with van der Waals surface area (Å²) in [5.41, 5.74) is 1.79. The topological polar surface area (TPSA) is 57.1 Å². The molecule has 0 N–H and O–H groups in total. The molecule has 0 aromatic carbocycles. The van der Waals surface area contributed by atoms with Crippen molar-refractivity contribution in [2.24, 2.45) is 51.5 Å². The van der Waals surface area contributed by atoms with Gasteiger partial charge in [0.05, 0.1) is 12.8 Å². The van der Waals surface area contributed by atoms with Crippen LogP contribution in [0.4, 0.5) is 0 Å². The van der Waals surface area contributed by atoms with E-state index in [1.807, 2.05) is 0 Å². The van der Waals surface area contributed by atoms with E-state index >= 15 is 0 Å². The summed E-state index contributed by atoms with van der Waals surface area (Å²) in [5, 5.41) is 5.10. The van der Waals surface area contributed by atoms with Gasteiger partial charge in [0.2, 0.25) is 0 Å². The zero-order valence-corrected chi connectivity index (χ0v) is 28.2. The van der Waals surface area contributed by atoms with Gasteiger partial charge in [0, 0.05) is 17.9 Å². The van der Waals surface area contributed by atoms with Crippen LogP contribution in [0, 0.1) is 46.3 Å². The van der Waals surface area contributed by atoms with Crippen molar-refractivity contribution in [2.45, 2.75) is 130 Å². The molecule has 0 saturated heterocycles. The lowest BCUT2D eigenvalue weighted by Crippen LogP contribution is -2.58. The molecule has 4 aliphatic rings. The summed E-state index contributed by atoms with van der Waals surface area (Å²) in [6.07, 6.45) is 12.0. The fraction of sp³-hybridized carbons (Fsp3) is 0.935. The molecule has 5 nitrogen and oxygen atoms in total. The van der Waals surface area contributed by atoms with E-state index in [4.69, 9.17) is 18.8 Å². The van der Waals surface area contributed by atoms with Crippen LogP contribution in [0.15, 0.2) is 5.16 Å². The van der Waals surface area contributed by atoms with E-state index in [0.717, 1.165) is 24.7 Å². The molecule has 0 bridgehead atoms. The molecular formula is C31H57NO4Si2. The first-order valence-electron chi connectivity index (χ1n) is 15.6. The highest BCUT2D eigenvalue weighted by Gasteiger charge is 2.63. The fourth-order valence-electron chi connectivity index (χ4n) is 9.47. The molecule has 9 atom stereocenters. The molecule has 4 saturated carbocycles. The molecule has 0 aliphatic heterocycles. The Balaban J connectivity index is 1.62. The number of carbonyl (C=O) groups is 1. The maximum atomic E-state index is 12.0. The lowest BCUT2D eigenvalue weighted by Gasteiger charge is -2.61. The second-order valence-electron chi connectivity index (χ2n) is 15.8. The Hall–Kier alpha value is -0.666. The predicted molar refractivity (Wildman–Crippen MR) is 161 cm³/mol. The van der Waals surface area contributed by atoms with E-state index in [1.54, 1.807) is 0 Å². The lowest BCUT2D eigenvalue weighted by atomic mass is 9.44. The molecule has 0 heterocycles. The van der Waals surface area contributed by atoms with Crippen LogP contribution in [-0.2, 0) is 18.5 Å². The van der Waals surface area contributed by atoms with Crippen molar-refractivity contribution in [3.63, 3.8) is 0 Å². The highest BCUT2D eigenvalue weighted by molar-refractivity contribution is 6.70. The van der Waals surface area contributed by atoms with Gasteiger partial charge in [-0.1, -0.05) is 20.8 Å². The normalized spacial score (nSPS) is 41.2. The van der Waals surface area contributed by atoms with Crippen molar-refractivity contribution < 1.29 is 18.5 Å². The molecule has 4 rings (SSSR count). The van der Waals surface area contributed by atoms with E-state index in [-0.39, 0.29) is 11.4 Å². The van der Waals surface area contributed by atoms with Gasteiger partial charge in [-0.2, -0.15) is 0 Å². The molecule has 4 fully saturated rings. The van der Waals surface area contributed by atoms with Gasteiger partial charge in [0.1, 0.15) is 0 Å². The van der Waals surface area contributed by atoms with Gasteiger partial charge in [-0.3, -0.25) is 4.79 Å². The number of rotatable bonds is 8. The average molecular weight is 564 g/mol. The third-order valence-corrected chi connectivity index (χ3v) is 12.9. The first-order chi connectivity index (χ1) is 17.6. The summed E-state index contributed by atoms with van der Waals surface area (Å²) in [4.78, 5) is 12.0. The molecule has 4 aliphatic carbocycles. The summed E-state index contributed by atoms with van der Waals surface area (Å²) >= 11 is 0. The van der Waals surface area contributed by atoms with Crippen molar-refractivity contribution in [3.05, 3.63) is 0 Å². The first-order valence-corrected chi connectivity index (χ1v) is 22.4. The molecule has 7 unspecified atom stereocenters. The second-order valence-corrected chi connectivity index (χ2v) is 24.7. The monoisotopic (exact) mass is 563 g/mol. The third kappa shape index (κ3) is 6.00. The number of nitrogens with zero attached hydrogens (tertiary/aromatic N) is 1. The standard InChI is InChI=1S/C31H57NO4Si2/c1-21(11-16-29(33)34-4)25-14-15-26-24-13-12-22-19-23(35-37(5,6)7)17-18-30(22,2)27(24)20-28(31(25,26)3)32-36-38(8,9)10/h21-27H,11-20H2,1-10H3/b32-28+/t21?,22-,23+,24?,25?,26?,27?,30?,31?/m1/s1. The average Bonchev–Trinajstić information content (AvgIpc) is 3.17. The van der Waals surface area contributed by atoms with Crippen LogP contribution < -0.4 is 0 Å². The minimum Gasteiger partial charge on any atom is -0.469 e. The largest absolute Gasteiger partial charge is 0.469 e. The number of carbonyl (C=O) groups excluding carboxylic acids is 1. The summed E-state index contributed by atoms with van der Waals surface area (Å²) in [6, 6.07) is 0. The fourth-order valence-corrected chi connectivity index (χ4v) is 11.1. The Labute approximate surface area is 235 Å². The van der Waals surface area contributed by atoms with Gasteiger partial charge in [0.25, 0.3) is 8.32 Å². The maximum Gasteiger partial charge on any atom is 0.305 e. The van der Waals surface area contributed by atoms with Crippen molar-refractivity contribution in [1.82, 2.24) is 0 Å². The van der Waals surface area contributed by atoms with E-state index in [2.05, 4.69) is 60.1 Å². The predicted octanol–water partition coefficient (Wildman–Crippen LogP) is 8.27. The van der Waals surface area contributed by atoms with Gasteiger partial charge in [0.15, 0.2) is 8.32 Å². The number of oxime groups is 1. The number of esters is 1. The number of methoxy groups -OCH3 is 1. The van der Waals surface area contributed by atoms with Crippen molar-refractivity contribution >= 4 is 28.3 Å². The van der Waals surface area contributed by atoms with Crippen molar-refractivity contribution in [3.8, 4) is 0 Å². The first kappa shape index (κ1) is 30.3. The molecule has 38 heavy (non-hydrogen) atoms. The van der Waals surface area contributed by atoms with Gasteiger partial charge in [-0.15, -0.1) is 5.16 Å². The quantitative estimate of drug-likeness (QED) is 0.169. The van der Waals surface area contributed by atoms with Crippen molar-refractivity contribution in [2.75, 3.05) is 7.11 Å². The highest BCUT2D eigenvalue weighted by atomic mass is 28.4. The molecular weight excluding hydrogens is 507 g/mol. The van der Waals surface area contributed by atoms with Gasteiger partial charge in [-0.05, 0) is 138 Å². The van der Waals surface area contributed by atoms with Gasteiger partial charge in [-0.25, -0.2) is 0 Å². The van der Waals surface area contributed by atoms with Gasteiger partial charge >= 0.3 is 5.97 Å². The Morgan fingerprint density at radius 2 is 1.71 bits per heavy atom. The van der Waals surface area contributed by atoms with Crippen LogP contribution in [0.5, 0.6) is 0 Å². The maximum absolute atomic E-state index is 12.0. The Bertz CT molecular complexity index is 895.